The van der Waals surface area contributed by atoms with Gasteiger partial charge < -0.3 is 16.0 Å². The molecule has 6 nitrogen and oxygen atoms in total. The number of hydrogen-bond donors (Lipinski definition) is 2. The lowest BCUT2D eigenvalue weighted by Crippen LogP contribution is -2.37. The van der Waals surface area contributed by atoms with E-state index in [-0.39, 0.29) is 5.91 Å². The lowest BCUT2D eigenvalue weighted by molar-refractivity contribution is -0.125. The number of primary amides is 1. The molecule has 1 aliphatic rings. The Morgan fingerprint density at radius 2 is 2.20 bits per heavy atom. The maximum absolute atomic E-state index is 11.4. The van der Waals surface area contributed by atoms with Gasteiger partial charge in [-0.05, 0) is 26.3 Å². The molecule has 6 heteroatoms. The number of hydrogen-bond acceptors (Lipinski definition) is 5. The molecule has 1 aromatic heterocycles. The van der Waals surface area contributed by atoms with Gasteiger partial charge in [0.05, 0.1) is 5.41 Å². The van der Waals surface area contributed by atoms with Crippen molar-refractivity contribution in [2.75, 3.05) is 24.5 Å². The van der Waals surface area contributed by atoms with Crippen LogP contribution in [0.3, 0.4) is 0 Å². The molecule has 1 atom stereocenters. The molecule has 1 saturated heterocycles. The third kappa shape index (κ3) is 3.25. The van der Waals surface area contributed by atoms with E-state index in [0.717, 1.165) is 38.0 Å². The van der Waals surface area contributed by atoms with E-state index in [4.69, 9.17) is 5.73 Å². The van der Waals surface area contributed by atoms with E-state index in [1.54, 1.807) is 0 Å². The summed E-state index contributed by atoms with van der Waals surface area (Å²) in [6.45, 7) is 7.18. The number of nitrogens with zero attached hydrogens (tertiary/aromatic N) is 3. The van der Waals surface area contributed by atoms with Crippen LogP contribution in [0.1, 0.15) is 32.3 Å². The smallest absolute Gasteiger partial charge is 0.225 e. The van der Waals surface area contributed by atoms with Gasteiger partial charge in [0.1, 0.15) is 0 Å². The predicted molar refractivity (Wildman–Crippen MR) is 78.2 cm³/mol. The van der Waals surface area contributed by atoms with Crippen molar-refractivity contribution in [3.63, 3.8) is 0 Å². The fourth-order valence-corrected chi connectivity index (χ4v) is 2.34. The Hall–Kier alpha value is -1.69. The van der Waals surface area contributed by atoms with Crippen LogP contribution in [-0.2, 0) is 11.3 Å². The quantitative estimate of drug-likeness (QED) is 0.747. The minimum absolute atomic E-state index is 0.250. The SMILES string of the molecule is CCCNCc1cnc(N2CCC(C)(C(N)=O)C2)nc1. The normalized spacial score (nSPS) is 22.2. The lowest BCUT2D eigenvalue weighted by Gasteiger charge is -2.20. The van der Waals surface area contributed by atoms with Crippen LogP contribution in [0.2, 0.25) is 0 Å². The standard InChI is InChI=1S/C14H23N5O/c1-3-5-16-7-11-8-17-13(18-9-11)19-6-4-14(2,10-19)12(15)20/h8-9,16H,3-7,10H2,1-2H3,(H2,15,20). The predicted octanol–water partition coefficient (Wildman–Crippen LogP) is 0.678. The fraction of sp³-hybridized carbons (Fsp3) is 0.643. The van der Waals surface area contributed by atoms with Gasteiger partial charge in [-0.2, -0.15) is 0 Å². The molecule has 20 heavy (non-hydrogen) atoms. The molecule has 0 spiro atoms. The van der Waals surface area contributed by atoms with E-state index >= 15 is 0 Å². The highest BCUT2D eigenvalue weighted by Crippen LogP contribution is 2.31. The Balaban J connectivity index is 1.96. The Labute approximate surface area is 119 Å². The fourth-order valence-electron chi connectivity index (χ4n) is 2.34. The second-order valence-electron chi connectivity index (χ2n) is 5.66. The van der Waals surface area contributed by atoms with Gasteiger partial charge in [0.15, 0.2) is 0 Å². The zero-order valence-corrected chi connectivity index (χ0v) is 12.2. The molecule has 0 bridgehead atoms. The summed E-state index contributed by atoms with van der Waals surface area (Å²) in [4.78, 5) is 22.2. The molecular weight excluding hydrogens is 254 g/mol. The average molecular weight is 277 g/mol. The third-order valence-corrected chi connectivity index (χ3v) is 3.80. The first-order chi connectivity index (χ1) is 9.55. The van der Waals surface area contributed by atoms with Gasteiger partial charge in [0.2, 0.25) is 11.9 Å². The van der Waals surface area contributed by atoms with Crippen LogP contribution in [0.4, 0.5) is 5.95 Å². The topological polar surface area (TPSA) is 84.1 Å². The first kappa shape index (κ1) is 14.7. The van der Waals surface area contributed by atoms with E-state index in [0.29, 0.717) is 12.5 Å². The third-order valence-electron chi connectivity index (χ3n) is 3.80. The molecule has 1 aliphatic heterocycles. The molecule has 0 aliphatic carbocycles. The molecule has 1 aromatic rings. The van der Waals surface area contributed by atoms with E-state index in [9.17, 15) is 4.79 Å². The van der Waals surface area contributed by atoms with Crippen LogP contribution in [-0.4, -0.2) is 35.5 Å². The van der Waals surface area contributed by atoms with Gasteiger partial charge in [-0.1, -0.05) is 6.92 Å². The van der Waals surface area contributed by atoms with E-state index < -0.39 is 5.41 Å². The first-order valence-electron chi connectivity index (χ1n) is 7.11. The molecule has 1 fully saturated rings. The zero-order valence-electron chi connectivity index (χ0n) is 12.2. The molecule has 110 valence electrons. The zero-order chi connectivity index (χ0) is 14.6. The van der Waals surface area contributed by atoms with Crippen molar-refractivity contribution >= 4 is 11.9 Å². The molecule has 1 amide bonds. The molecule has 0 radical (unpaired) electrons. The van der Waals surface area contributed by atoms with Crippen LogP contribution in [0, 0.1) is 5.41 Å². The molecular formula is C14H23N5O. The maximum atomic E-state index is 11.4. The summed E-state index contributed by atoms with van der Waals surface area (Å²) in [6, 6.07) is 0. The van der Waals surface area contributed by atoms with Gasteiger partial charge in [0, 0.05) is 37.6 Å². The molecule has 2 heterocycles. The van der Waals surface area contributed by atoms with Crippen molar-refractivity contribution in [3.8, 4) is 0 Å². The Morgan fingerprint density at radius 1 is 1.50 bits per heavy atom. The number of nitrogens with one attached hydrogen (secondary N) is 1. The number of carbonyl (C=O) groups excluding carboxylic acids is 1. The van der Waals surface area contributed by atoms with Crippen molar-refractivity contribution in [3.05, 3.63) is 18.0 Å². The Bertz CT molecular complexity index is 461. The minimum Gasteiger partial charge on any atom is -0.369 e. The van der Waals surface area contributed by atoms with Gasteiger partial charge in [-0.15, -0.1) is 0 Å². The van der Waals surface area contributed by atoms with Gasteiger partial charge in [0.25, 0.3) is 0 Å². The van der Waals surface area contributed by atoms with Crippen LogP contribution >= 0.6 is 0 Å². The average Bonchev–Trinajstić information content (AvgIpc) is 2.84. The summed E-state index contributed by atoms with van der Waals surface area (Å²) < 4.78 is 0. The highest BCUT2D eigenvalue weighted by Gasteiger charge is 2.39. The maximum Gasteiger partial charge on any atom is 0.225 e. The number of amides is 1. The summed E-state index contributed by atoms with van der Waals surface area (Å²) >= 11 is 0. The number of anilines is 1. The van der Waals surface area contributed by atoms with Crippen LogP contribution < -0.4 is 16.0 Å². The van der Waals surface area contributed by atoms with Crippen LogP contribution in [0.25, 0.3) is 0 Å². The lowest BCUT2D eigenvalue weighted by atomic mass is 9.89. The molecule has 3 N–H and O–H groups in total. The van der Waals surface area contributed by atoms with E-state index in [1.807, 2.05) is 24.2 Å². The summed E-state index contributed by atoms with van der Waals surface area (Å²) in [6.07, 6.45) is 5.54. The van der Waals surface area contributed by atoms with E-state index in [1.165, 1.54) is 0 Å². The highest BCUT2D eigenvalue weighted by molar-refractivity contribution is 5.81. The van der Waals surface area contributed by atoms with Crippen molar-refractivity contribution in [2.24, 2.45) is 11.1 Å². The summed E-state index contributed by atoms with van der Waals surface area (Å²) in [5.41, 5.74) is 6.05. The number of carbonyl (C=O) groups is 1. The van der Waals surface area contributed by atoms with Gasteiger partial charge in [-0.3, -0.25) is 4.79 Å². The second-order valence-corrected chi connectivity index (χ2v) is 5.66. The van der Waals surface area contributed by atoms with Gasteiger partial charge in [-0.25, -0.2) is 9.97 Å². The molecule has 1 unspecified atom stereocenters. The summed E-state index contributed by atoms with van der Waals surface area (Å²) in [5.74, 6) is 0.426. The van der Waals surface area contributed by atoms with Crippen LogP contribution in [0.5, 0.6) is 0 Å². The van der Waals surface area contributed by atoms with Crippen molar-refractivity contribution in [1.82, 2.24) is 15.3 Å². The van der Waals surface area contributed by atoms with Crippen molar-refractivity contribution in [2.45, 2.75) is 33.2 Å². The summed E-state index contributed by atoms with van der Waals surface area (Å²) in [7, 11) is 0. The highest BCUT2D eigenvalue weighted by atomic mass is 16.1. The van der Waals surface area contributed by atoms with Crippen LogP contribution in [0.15, 0.2) is 12.4 Å². The molecule has 0 aromatic carbocycles. The minimum atomic E-state index is -0.468. The number of aromatic nitrogens is 2. The number of nitrogens with two attached hydrogens (primary N) is 1. The first-order valence-corrected chi connectivity index (χ1v) is 7.11. The second kappa shape index (κ2) is 6.17. The molecule has 0 saturated carbocycles. The Kier molecular flexibility index (Phi) is 4.54. The number of rotatable bonds is 6. The summed E-state index contributed by atoms with van der Waals surface area (Å²) in [5, 5.41) is 3.31. The van der Waals surface area contributed by atoms with Gasteiger partial charge >= 0.3 is 0 Å². The van der Waals surface area contributed by atoms with Crippen molar-refractivity contribution in [1.29, 1.82) is 0 Å². The molecule has 2 rings (SSSR count). The van der Waals surface area contributed by atoms with E-state index in [2.05, 4.69) is 22.2 Å². The van der Waals surface area contributed by atoms with Crippen molar-refractivity contribution < 1.29 is 4.79 Å². The Morgan fingerprint density at radius 3 is 2.75 bits per heavy atom. The monoisotopic (exact) mass is 277 g/mol. The largest absolute Gasteiger partial charge is 0.369 e.